The average Bonchev–Trinajstić information content (AvgIpc) is 2.60. The molecule has 0 radical (unpaired) electrons. The Kier molecular flexibility index (Phi) is 5.16. The number of nitrogens with one attached hydrogen (secondary N) is 2. The zero-order valence-corrected chi connectivity index (χ0v) is 14.8. The summed E-state index contributed by atoms with van der Waals surface area (Å²) in [6.07, 6.45) is 1.44. The topological polar surface area (TPSA) is 66.9 Å². The largest absolute Gasteiger partial charge is 0.340 e. The van der Waals surface area contributed by atoms with Crippen molar-refractivity contribution in [3.8, 4) is 0 Å². The van der Waals surface area contributed by atoms with E-state index in [-0.39, 0.29) is 5.78 Å². The Hall–Kier alpha value is -2.63. The Balaban J connectivity index is 1.77. The van der Waals surface area contributed by atoms with Crippen LogP contribution in [0.1, 0.15) is 17.3 Å². The van der Waals surface area contributed by atoms with Gasteiger partial charge in [0.2, 0.25) is 0 Å². The summed E-state index contributed by atoms with van der Waals surface area (Å²) in [7, 11) is 0. The van der Waals surface area contributed by atoms with Crippen molar-refractivity contribution in [1.82, 2.24) is 9.97 Å². The molecule has 0 saturated carbocycles. The number of Topliss-reactive ketones (excluding diaryl/α,β-unsaturated/α-hetero) is 1. The summed E-state index contributed by atoms with van der Waals surface area (Å²) < 4.78 is 0. The van der Waals surface area contributed by atoms with Gasteiger partial charge in [0, 0.05) is 17.3 Å². The molecule has 1 aromatic heterocycles. The lowest BCUT2D eigenvalue weighted by Gasteiger charge is -2.10. The second kappa shape index (κ2) is 7.51. The average molecular weight is 373 g/mol. The molecule has 2 aromatic carbocycles. The number of nitrogens with zero attached hydrogens (tertiary/aromatic N) is 2. The number of benzene rings is 2. The van der Waals surface area contributed by atoms with E-state index in [1.807, 2.05) is 18.2 Å². The second-order valence-electron chi connectivity index (χ2n) is 5.27. The van der Waals surface area contributed by atoms with E-state index in [4.69, 9.17) is 23.2 Å². The highest BCUT2D eigenvalue weighted by Gasteiger charge is 2.06. The van der Waals surface area contributed by atoms with Gasteiger partial charge in [-0.15, -0.1) is 0 Å². The van der Waals surface area contributed by atoms with Gasteiger partial charge in [-0.25, -0.2) is 9.97 Å². The normalized spacial score (nSPS) is 10.4. The fourth-order valence-electron chi connectivity index (χ4n) is 2.17. The zero-order valence-electron chi connectivity index (χ0n) is 13.3. The summed E-state index contributed by atoms with van der Waals surface area (Å²) >= 11 is 12.2. The third-order valence-corrected chi connectivity index (χ3v) is 4.26. The van der Waals surface area contributed by atoms with Crippen molar-refractivity contribution in [2.75, 3.05) is 10.6 Å². The van der Waals surface area contributed by atoms with Gasteiger partial charge in [0.25, 0.3) is 0 Å². The van der Waals surface area contributed by atoms with Crippen molar-refractivity contribution in [3.05, 3.63) is 70.5 Å². The molecule has 7 heteroatoms. The minimum atomic E-state index is 0.0264. The first-order valence-corrected chi connectivity index (χ1v) is 8.19. The third kappa shape index (κ3) is 4.26. The SMILES string of the molecule is CC(=O)c1ccc(Nc2cc(Nc3cccc(Cl)c3Cl)ncn2)cc1. The molecule has 0 aliphatic rings. The van der Waals surface area contributed by atoms with E-state index < -0.39 is 0 Å². The van der Waals surface area contributed by atoms with Crippen molar-refractivity contribution in [2.45, 2.75) is 6.92 Å². The lowest BCUT2D eigenvalue weighted by atomic mass is 10.1. The second-order valence-corrected chi connectivity index (χ2v) is 6.06. The van der Waals surface area contributed by atoms with Gasteiger partial charge in [-0.2, -0.15) is 0 Å². The fourth-order valence-corrected chi connectivity index (χ4v) is 2.52. The highest BCUT2D eigenvalue weighted by Crippen LogP contribution is 2.31. The number of hydrogen-bond acceptors (Lipinski definition) is 5. The molecule has 25 heavy (non-hydrogen) atoms. The van der Waals surface area contributed by atoms with Gasteiger partial charge in [-0.05, 0) is 43.3 Å². The molecule has 126 valence electrons. The lowest BCUT2D eigenvalue weighted by molar-refractivity contribution is 0.101. The molecule has 0 spiro atoms. The number of halogens is 2. The molecule has 0 unspecified atom stereocenters. The van der Waals surface area contributed by atoms with Crippen LogP contribution < -0.4 is 10.6 Å². The number of carbonyl (C=O) groups excluding carboxylic acids is 1. The van der Waals surface area contributed by atoms with E-state index in [1.165, 1.54) is 13.3 Å². The van der Waals surface area contributed by atoms with Gasteiger partial charge >= 0.3 is 0 Å². The molecule has 2 N–H and O–H groups in total. The van der Waals surface area contributed by atoms with Gasteiger partial charge in [0.05, 0.1) is 15.7 Å². The van der Waals surface area contributed by atoms with Crippen LogP contribution in [0.4, 0.5) is 23.0 Å². The molecule has 0 bridgehead atoms. The van der Waals surface area contributed by atoms with Crippen LogP contribution in [0.25, 0.3) is 0 Å². The molecule has 0 fully saturated rings. The van der Waals surface area contributed by atoms with E-state index in [1.54, 1.807) is 30.3 Å². The molecule has 0 amide bonds. The summed E-state index contributed by atoms with van der Waals surface area (Å²) in [5.41, 5.74) is 2.13. The zero-order chi connectivity index (χ0) is 17.8. The van der Waals surface area contributed by atoms with Crippen molar-refractivity contribution in [2.24, 2.45) is 0 Å². The van der Waals surface area contributed by atoms with Crippen molar-refractivity contribution >= 4 is 52.0 Å². The smallest absolute Gasteiger partial charge is 0.159 e. The summed E-state index contributed by atoms with van der Waals surface area (Å²) in [5, 5.41) is 7.16. The first-order valence-electron chi connectivity index (χ1n) is 7.44. The highest BCUT2D eigenvalue weighted by atomic mass is 35.5. The highest BCUT2D eigenvalue weighted by molar-refractivity contribution is 6.43. The first kappa shape index (κ1) is 17.2. The predicted octanol–water partition coefficient (Wildman–Crippen LogP) is 5.47. The maximum atomic E-state index is 11.3. The van der Waals surface area contributed by atoms with Gasteiger partial charge in [0.1, 0.15) is 18.0 Å². The molecule has 1 heterocycles. The lowest BCUT2D eigenvalue weighted by Crippen LogP contribution is -1.99. The number of aromatic nitrogens is 2. The third-order valence-electron chi connectivity index (χ3n) is 3.45. The van der Waals surface area contributed by atoms with E-state index in [2.05, 4.69) is 20.6 Å². The molecule has 0 atom stereocenters. The van der Waals surface area contributed by atoms with Crippen molar-refractivity contribution in [1.29, 1.82) is 0 Å². The maximum Gasteiger partial charge on any atom is 0.159 e. The maximum absolute atomic E-state index is 11.3. The monoisotopic (exact) mass is 372 g/mol. The number of rotatable bonds is 5. The number of carbonyl (C=O) groups is 1. The van der Waals surface area contributed by atoms with Gasteiger partial charge in [-0.1, -0.05) is 29.3 Å². The summed E-state index contributed by atoms with van der Waals surface area (Å²) in [5.74, 6) is 1.20. The number of hydrogen-bond donors (Lipinski definition) is 2. The van der Waals surface area contributed by atoms with Gasteiger partial charge in [-0.3, -0.25) is 4.79 Å². The van der Waals surface area contributed by atoms with Crippen LogP contribution >= 0.6 is 23.2 Å². The number of anilines is 4. The molecular weight excluding hydrogens is 359 g/mol. The van der Waals surface area contributed by atoms with Gasteiger partial charge < -0.3 is 10.6 Å². The van der Waals surface area contributed by atoms with Crippen LogP contribution in [0.3, 0.4) is 0 Å². The van der Waals surface area contributed by atoms with E-state index in [9.17, 15) is 4.79 Å². The molecule has 0 aliphatic heterocycles. The van der Waals surface area contributed by atoms with Crippen molar-refractivity contribution < 1.29 is 4.79 Å². The standard InChI is InChI=1S/C18H14Cl2N4O/c1-11(25)12-5-7-13(8-6-12)23-16-9-17(22-10-21-16)24-15-4-2-3-14(19)18(15)20/h2-10H,1H3,(H2,21,22,23,24). The van der Waals surface area contributed by atoms with Crippen LogP contribution in [0.2, 0.25) is 10.0 Å². The first-order chi connectivity index (χ1) is 12.0. The molecule has 3 aromatic rings. The van der Waals surface area contributed by atoms with E-state index in [0.29, 0.717) is 32.9 Å². The minimum absolute atomic E-state index is 0.0264. The minimum Gasteiger partial charge on any atom is -0.340 e. The molecule has 0 saturated heterocycles. The van der Waals surface area contributed by atoms with E-state index in [0.717, 1.165) is 5.69 Å². The fraction of sp³-hybridized carbons (Fsp3) is 0.0556. The van der Waals surface area contributed by atoms with Crippen LogP contribution in [0.15, 0.2) is 54.9 Å². The number of ketones is 1. The Morgan fingerprint density at radius 3 is 2.32 bits per heavy atom. The van der Waals surface area contributed by atoms with E-state index >= 15 is 0 Å². The van der Waals surface area contributed by atoms with Gasteiger partial charge in [0.15, 0.2) is 5.78 Å². The Bertz CT molecular complexity index is 913. The predicted molar refractivity (Wildman–Crippen MR) is 102 cm³/mol. The van der Waals surface area contributed by atoms with Crippen LogP contribution in [0, 0.1) is 0 Å². The van der Waals surface area contributed by atoms with Crippen LogP contribution in [-0.2, 0) is 0 Å². The summed E-state index contributed by atoms with van der Waals surface area (Å²) in [6.45, 7) is 1.53. The Morgan fingerprint density at radius 1 is 0.960 bits per heavy atom. The van der Waals surface area contributed by atoms with Crippen molar-refractivity contribution in [3.63, 3.8) is 0 Å². The quantitative estimate of drug-likeness (QED) is 0.580. The molecule has 5 nitrogen and oxygen atoms in total. The molecule has 3 rings (SSSR count). The van der Waals surface area contributed by atoms with Crippen LogP contribution in [-0.4, -0.2) is 15.8 Å². The molecule has 0 aliphatic carbocycles. The Morgan fingerprint density at radius 2 is 1.64 bits per heavy atom. The summed E-state index contributed by atoms with van der Waals surface area (Å²) in [6, 6.07) is 14.2. The summed E-state index contributed by atoms with van der Waals surface area (Å²) in [4.78, 5) is 19.7. The Labute approximate surface area is 155 Å². The molecular formula is C18H14Cl2N4O. The van der Waals surface area contributed by atoms with Crippen LogP contribution in [0.5, 0.6) is 0 Å².